The zero-order chi connectivity index (χ0) is 36.2. The molecule has 3 aliphatic heterocycles. The number of aromatic nitrogens is 2. The quantitative estimate of drug-likeness (QED) is 0.107. The molecular weight excluding hydrogens is 668 g/mol. The second-order valence-corrected chi connectivity index (χ2v) is 12.4. The van der Waals surface area contributed by atoms with Gasteiger partial charge in [0.2, 0.25) is 6.29 Å². The number of nitrogens with zero attached hydrogens (tertiary/aromatic N) is 2. The second kappa shape index (κ2) is 13.0. The van der Waals surface area contributed by atoms with E-state index in [4.69, 9.17) is 35.1 Å². The molecule has 0 aliphatic carbocycles. The van der Waals surface area contributed by atoms with E-state index in [9.17, 15) is 39.9 Å². The zero-order valence-corrected chi connectivity index (χ0v) is 27.0. The van der Waals surface area contributed by atoms with E-state index in [2.05, 4.69) is 5.92 Å². The van der Waals surface area contributed by atoms with E-state index in [-0.39, 0.29) is 61.0 Å². The summed E-state index contributed by atoms with van der Waals surface area (Å²) in [7, 11) is 0. The number of ether oxygens (including phenoxy) is 5. The predicted molar refractivity (Wildman–Crippen MR) is 175 cm³/mol. The van der Waals surface area contributed by atoms with Crippen molar-refractivity contribution in [3.63, 3.8) is 0 Å². The Hall–Kier alpha value is -5.50. The number of fused-ring (bicyclic) bond motifs is 5. The van der Waals surface area contributed by atoms with Crippen molar-refractivity contribution in [3.05, 3.63) is 81.1 Å². The molecule has 1 saturated heterocycles. The Morgan fingerprint density at radius 3 is 2.59 bits per heavy atom. The van der Waals surface area contributed by atoms with Gasteiger partial charge in [-0.25, -0.2) is 14.6 Å². The number of aliphatic carboxylic acids is 1. The number of rotatable bonds is 9. The highest BCUT2D eigenvalue weighted by Gasteiger charge is 2.48. The first-order valence-electron chi connectivity index (χ1n) is 16.0. The fourth-order valence-electron chi connectivity index (χ4n) is 6.48. The molecule has 0 spiro atoms. The number of esters is 1. The summed E-state index contributed by atoms with van der Waals surface area (Å²) in [5.41, 5.74) is 1.25. The molecule has 0 radical (unpaired) electrons. The van der Waals surface area contributed by atoms with Crippen LogP contribution in [0.1, 0.15) is 35.6 Å². The Labute approximate surface area is 289 Å². The largest absolute Gasteiger partial charge is 0.489 e. The maximum absolute atomic E-state index is 13.5. The van der Waals surface area contributed by atoms with Crippen molar-refractivity contribution in [1.82, 2.24) is 9.55 Å². The third-order valence-corrected chi connectivity index (χ3v) is 9.29. The normalized spacial score (nSPS) is 24.9. The molecule has 0 bridgehead atoms. The zero-order valence-electron chi connectivity index (χ0n) is 27.0. The van der Waals surface area contributed by atoms with Gasteiger partial charge in [-0.15, -0.1) is 6.42 Å². The van der Waals surface area contributed by atoms with Crippen LogP contribution in [0.4, 0.5) is 0 Å². The number of hydrogen-bond acceptors (Lipinski definition) is 13. The van der Waals surface area contributed by atoms with Gasteiger partial charge in [-0.1, -0.05) is 12.8 Å². The van der Waals surface area contributed by atoms with Crippen molar-refractivity contribution in [3.8, 4) is 41.0 Å². The van der Waals surface area contributed by atoms with Crippen LogP contribution in [0.25, 0.3) is 22.3 Å². The fourth-order valence-corrected chi connectivity index (χ4v) is 6.48. The minimum Gasteiger partial charge on any atom is -0.489 e. The van der Waals surface area contributed by atoms with Crippen molar-refractivity contribution in [2.24, 2.45) is 0 Å². The van der Waals surface area contributed by atoms with E-state index >= 15 is 0 Å². The van der Waals surface area contributed by atoms with Crippen LogP contribution in [-0.4, -0.2) is 84.3 Å². The predicted octanol–water partition coefficient (Wildman–Crippen LogP) is 0.942. The summed E-state index contributed by atoms with van der Waals surface area (Å²) in [6, 6.07) is 13.4. The first kappa shape index (κ1) is 34.0. The average Bonchev–Trinajstić information content (AvgIpc) is 3.48. The van der Waals surface area contributed by atoms with E-state index in [1.165, 1.54) is 12.1 Å². The molecule has 6 atom stereocenters. The molecule has 7 rings (SSSR count). The number of aliphatic hydroxyl groups is 4. The van der Waals surface area contributed by atoms with E-state index in [0.29, 0.717) is 28.2 Å². The van der Waals surface area contributed by atoms with Gasteiger partial charge in [-0.2, -0.15) is 0 Å². The highest BCUT2D eigenvalue weighted by molar-refractivity contribution is 5.87. The van der Waals surface area contributed by atoms with Crippen molar-refractivity contribution in [2.45, 2.75) is 69.4 Å². The van der Waals surface area contributed by atoms with Gasteiger partial charge >= 0.3 is 11.9 Å². The topological polar surface area (TPSA) is 216 Å². The van der Waals surface area contributed by atoms with Crippen molar-refractivity contribution in [1.29, 1.82) is 0 Å². The molecule has 0 unspecified atom stereocenters. The monoisotopic (exact) mass is 700 g/mol. The minimum absolute atomic E-state index is 0.0200. The third-order valence-electron chi connectivity index (χ3n) is 9.29. The fraction of sp³-hybridized carbons (Fsp3) is 0.333. The minimum atomic E-state index is -1.92. The average molecular weight is 701 g/mol. The Morgan fingerprint density at radius 1 is 1.06 bits per heavy atom. The van der Waals surface area contributed by atoms with Crippen molar-refractivity contribution < 1.29 is 58.8 Å². The molecule has 4 aromatic rings. The van der Waals surface area contributed by atoms with Crippen LogP contribution in [0.15, 0.2) is 53.3 Å². The Bertz CT molecular complexity index is 2180. The maximum atomic E-state index is 13.5. The first-order chi connectivity index (χ1) is 24.4. The highest BCUT2D eigenvalue weighted by atomic mass is 16.7. The number of carbonyl (C=O) groups excluding carboxylic acids is 1. The van der Waals surface area contributed by atoms with E-state index < -0.39 is 48.2 Å². The molecule has 264 valence electrons. The van der Waals surface area contributed by atoms with Gasteiger partial charge < -0.3 is 53.8 Å². The van der Waals surface area contributed by atoms with Gasteiger partial charge in [0, 0.05) is 28.1 Å². The smallest absolute Gasteiger partial charge is 0.343 e. The van der Waals surface area contributed by atoms with E-state index in [1.807, 2.05) is 6.07 Å². The number of carboxylic acid groups (broad SMARTS) is 1. The van der Waals surface area contributed by atoms with Crippen LogP contribution in [0.3, 0.4) is 0 Å². The number of pyridine rings is 2. The SMILES string of the molecule is C#CCOc1cc(O[C@@H]2O[C@H](C(=O)O)[C@@H](O)[C@H](O)[C@H]2O)ccc1COc1ccc2nc3c(cc2c1)Cn1c-3cc2c(c1=O)COC(=O)[C@]2(O)CC. The molecule has 51 heavy (non-hydrogen) atoms. The van der Waals surface area contributed by atoms with Crippen LogP contribution in [0.5, 0.6) is 17.2 Å². The summed E-state index contributed by atoms with van der Waals surface area (Å²) in [5, 5.41) is 51.6. The Balaban J connectivity index is 1.11. The van der Waals surface area contributed by atoms with Crippen LogP contribution >= 0.6 is 0 Å². The van der Waals surface area contributed by atoms with Crippen LogP contribution in [0, 0.1) is 12.3 Å². The summed E-state index contributed by atoms with van der Waals surface area (Å²) >= 11 is 0. The lowest BCUT2D eigenvalue weighted by Gasteiger charge is -2.38. The number of benzene rings is 2. The number of terminal acetylenes is 1. The van der Waals surface area contributed by atoms with E-state index in [0.717, 1.165) is 10.9 Å². The lowest BCUT2D eigenvalue weighted by Crippen LogP contribution is -2.61. The number of cyclic esters (lactones) is 1. The number of carboxylic acids is 1. The van der Waals surface area contributed by atoms with Crippen LogP contribution in [0.2, 0.25) is 0 Å². The van der Waals surface area contributed by atoms with Gasteiger partial charge in [0.15, 0.2) is 11.7 Å². The Morgan fingerprint density at radius 2 is 1.84 bits per heavy atom. The standard InChI is InChI=1S/C36H32N2O13/c1-3-9-47-26-12-21(50-34-30(41)28(39)29(40)31(51-34)33(43)44)6-5-17(26)15-48-20-7-8-24-18(11-20)10-19-14-38-25(27(19)37-24)13-23-22(32(38)42)16-49-35(45)36(23,46)4-2/h1,5-8,10-13,28-31,34,39-41,46H,4,9,14-16H2,2H3,(H,43,44)/t28-,29-,30+,31-,34+,36-/m0/s1. The van der Waals surface area contributed by atoms with Gasteiger partial charge in [0.25, 0.3) is 5.56 Å². The molecule has 2 aromatic heterocycles. The maximum Gasteiger partial charge on any atom is 0.343 e. The molecule has 1 fully saturated rings. The van der Waals surface area contributed by atoms with Crippen molar-refractivity contribution >= 4 is 22.8 Å². The number of aliphatic hydroxyl groups excluding tert-OH is 3. The number of carbonyl (C=O) groups is 2. The van der Waals surface area contributed by atoms with Gasteiger partial charge in [-0.05, 0) is 48.9 Å². The summed E-state index contributed by atoms with van der Waals surface area (Å²) < 4.78 is 29.3. The van der Waals surface area contributed by atoms with Gasteiger partial charge in [-0.3, -0.25) is 4.79 Å². The molecule has 5 N–H and O–H groups in total. The molecule has 2 aromatic carbocycles. The Kier molecular flexibility index (Phi) is 8.66. The third kappa shape index (κ3) is 5.82. The first-order valence-corrected chi connectivity index (χ1v) is 16.0. The van der Waals surface area contributed by atoms with Gasteiger partial charge in [0.1, 0.15) is 55.4 Å². The molecule has 0 saturated carbocycles. The summed E-state index contributed by atoms with van der Waals surface area (Å²) in [6.07, 6.45) is -3.45. The molecule has 3 aliphatic rings. The van der Waals surface area contributed by atoms with E-state index in [1.54, 1.807) is 41.8 Å². The lowest BCUT2D eigenvalue weighted by molar-refractivity contribution is -0.271. The molecule has 15 heteroatoms. The molecule has 0 amide bonds. The molecule has 5 heterocycles. The van der Waals surface area contributed by atoms with Gasteiger partial charge in [0.05, 0.1) is 29.0 Å². The summed E-state index contributed by atoms with van der Waals surface area (Å²) in [4.78, 5) is 42.2. The summed E-state index contributed by atoms with van der Waals surface area (Å²) in [5.74, 6) is 0.889. The summed E-state index contributed by atoms with van der Waals surface area (Å²) in [6.45, 7) is 1.59. The van der Waals surface area contributed by atoms with Crippen molar-refractivity contribution in [2.75, 3.05) is 6.61 Å². The lowest BCUT2D eigenvalue weighted by atomic mass is 9.86. The molecule has 15 nitrogen and oxygen atoms in total. The highest BCUT2D eigenvalue weighted by Crippen LogP contribution is 2.39. The molecular formula is C36H32N2O13. The van der Waals surface area contributed by atoms with Crippen LogP contribution < -0.4 is 19.8 Å². The number of hydrogen-bond donors (Lipinski definition) is 5. The second-order valence-electron chi connectivity index (χ2n) is 12.4. The van der Waals surface area contributed by atoms with Crippen LogP contribution in [-0.2, 0) is 44.4 Å².